The minimum absolute atomic E-state index is 0.246. The molecule has 0 aliphatic carbocycles. The number of hydrogen-bond donors (Lipinski definition) is 1. The van der Waals surface area contributed by atoms with Gasteiger partial charge in [0.1, 0.15) is 11.3 Å². The third-order valence-electron chi connectivity index (χ3n) is 2.51. The molecule has 90 valence electrons. The van der Waals surface area contributed by atoms with Gasteiger partial charge in [-0.25, -0.2) is 0 Å². The zero-order valence-electron chi connectivity index (χ0n) is 9.42. The van der Waals surface area contributed by atoms with Gasteiger partial charge in [-0.1, -0.05) is 0 Å². The summed E-state index contributed by atoms with van der Waals surface area (Å²) in [5.41, 5.74) is 1.27. The molecule has 1 amide bonds. The Morgan fingerprint density at radius 3 is 3.06 bits per heavy atom. The van der Waals surface area contributed by atoms with Crippen molar-refractivity contribution in [3.63, 3.8) is 0 Å². The molecule has 5 nitrogen and oxygen atoms in total. The summed E-state index contributed by atoms with van der Waals surface area (Å²) in [6, 6.07) is 8.71. The Bertz CT molecular complexity index is 637. The van der Waals surface area contributed by atoms with Crippen LogP contribution in [0.1, 0.15) is 16.3 Å². The number of furan rings is 2. The van der Waals surface area contributed by atoms with Crippen molar-refractivity contribution in [1.29, 1.82) is 0 Å². The van der Waals surface area contributed by atoms with Gasteiger partial charge in [-0.2, -0.15) is 0 Å². The lowest BCUT2D eigenvalue weighted by Gasteiger charge is -1.99. The molecule has 0 aliphatic rings. The quantitative estimate of drug-likeness (QED) is 0.765. The van der Waals surface area contributed by atoms with Crippen molar-refractivity contribution in [3.05, 3.63) is 54.3 Å². The highest BCUT2D eigenvalue weighted by atomic mass is 16.3. The van der Waals surface area contributed by atoms with Crippen molar-refractivity contribution in [2.75, 3.05) is 0 Å². The standard InChI is InChI=1S/C13H10N2O3/c16-13(15-8-9-3-2-6-17-9)12-7-10-11(18-12)4-1-5-14-10/h1-7H,8H2,(H,15,16). The largest absolute Gasteiger partial charge is 0.467 e. The first kappa shape index (κ1) is 10.6. The fourth-order valence-corrected chi connectivity index (χ4v) is 1.65. The Labute approximate surface area is 102 Å². The van der Waals surface area contributed by atoms with E-state index in [2.05, 4.69) is 10.3 Å². The lowest BCUT2D eigenvalue weighted by atomic mass is 10.3. The highest BCUT2D eigenvalue weighted by Crippen LogP contribution is 2.16. The summed E-state index contributed by atoms with van der Waals surface area (Å²) in [7, 11) is 0. The molecule has 0 spiro atoms. The van der Waals surface area contributed by atoms with Crippen LogP contribution in [-0.2, 0) is 6.54 Å². The Hall–Kier alpha value is -2.56. The van der Waals surface area contributed by atoms with Crippen molar-refractivity contribution in [2.45, 2.75) is 6.54 Å². The lowest BCUT2D eigenvalue weighted by Crippen LogP contribution is -2.21. The Kier molecular flexibility index (Phi) is 2.57. The van der Waals surface area contributed by atoms with Crippen molar-refractivity contribution in [1.82, 2.24) is 10.3 Å². The molecule has 3 aromatic heterocycles. The monoisotopic (exact) mass is 242 g/mol. The van der Waals surface area contributed by atoms with E-state index in [0.29, 0.717) is 23.4 Å². The number of nitrogens with zero attached hydrogens (tertiary/aromatic N) is 1. The van der Waals surface area contributed by atoms with E-state index in [0.717, 1.165) is 0 Å². The summed E-state index contributed by atoms with van der Waals surface area (Å²) in [6.07, 6.45) is 3.22. The number of fused-ring (bicyclic) bond motifs is 1. The summed E-state index contributed by atoms with van der Waals surface area (Å²) in [5.74, 6) is 0.650. The average Bonchev–Trinajstić information content (AvgIpc) is 3.04. The van der Waals surface area contributed by atoms with Crippen LogP contribution in [0.4, 0.5) is 0 Å². The molecule has 0 unspecified atom stereocenters. The molecule has 0 saturated carbocycles. The molecular weight excluding hydrogens is 232 g/mol. The molecule has 5 heteroatoms. The van der Waals surface area contributed by atoms with Crippen LogP contribution in [0.5, 0.6) is 0 Å². The molecule has 0 atom stereocenters. The minimum atomic E-state index is -0.288. The Balaban J connectivity index is 1.75. The molecule has 0 saturated heterocycles. The second-order valence-electron chi connectivity index (χ2n) is 3.76. The van der Waals surface area contributed by atoms with Gasteiger partial charge < -0.3 is 14.2 Å². The second-order valence-corrected chi connectivity index (χ2v) is 3.76. The summed E-state index contributed by atoms with van der Waals surface area (Å²) in [5, 5.41) is 2.71. The maximum atomic E-state index is 11.8. The van der Waals surface area contributed by atoms with Crippen molar-refractivity contribution >= 4 is 17.0 Å². The van der Waals surface area contributed by atoms with Crippen LogP contribution in [0.25, 0.3) is 11.1 Å². The number of hydrogen-bond acceptors (Lipinski definition) is 4. The van der Waals surface area contributed by atoms with Gasteiger partial charge >= 0.3 is 0 Å². The smallest absolute Gasteiger partial charge is 0.287 e. The third-order valence-corrected chi connectivity index (χ3v) is 2.51. The van der Waals surface area contributed by atoms with Crippen LogP contribution in [0.3, 0.4) is 0 Å². The molecule has 3 heterocycles. The summed E-state index contributed by atoms with van der Waals surface area (Å²) in [4.78, 5) is 15.9. The second kappa shape index (κ2) is 4.37. The van der Waals surface area contributed by atoms with Crippen LogP contribution in [0.2, 0.25) is 0 Å². The van der Waals surface area contributed by atoms with Crippen LogP contribution in [0.15, 0.2) is 51.6 Å². The molecule has 1 N–H and O–H groups in total. The first-order valence-electron chi connectivity index (χ1n) is 5.48. The van der Waals surface area contributed by atoms with Crippen molar-refractivity contribution < 1.29 is 13.6 Å². The Morgan fingerprint density at radius 1 is 1.33 bits per heavy atom. The molecule has 0 aromatic carbocycles. The van der Waals surface area contributed by atoms with Gasteiger partial charge in [-0.3, -0.25) is 9.78 Å². The molecule has 0 bridgehead atoms. The predicted molar refractivity (Wildman–Crippen MR) is 63.9 cm³/mol. The number of rotatable bonds is 3. The lowest BCUT2D eigenvalue weighted by molar-refractivity contribution is 0.0922. The fourth-order valence-electron chi connectivity index (χ4n) is 1.65. The minimum Gasteiger partial charge on any atom is -0.467 e. The molecule has 0 aliphatic heterocycles. The third kappa shape index (κ3) is 1.98. The highest BCUT2D eigenvalue weighted by molar-refractivity contribution is 5.95. The first-order chi connectivity index (χ1) is 8.83. The Morgan fingerprint density at radius 2 is 2.28 bits per heavy atom. The number of carbonyl (C=O) groups is 1. The van der Waals surface area contributed by atoms with Crippen molar-refractivity contribution in [3.8, 4) is 0 Å². The van der Waals surface area contributed by atoms with E-state index >= 15 is 0 Å². The SMILES string of the molecule is O=C(NCc1ccco1)c1cc2ncccc2o1. The maximum Gasteiger partial charge on any atom is 0.287 e. The molecule has 3 rings (SSSR count). The molecule has 18 heavy (non-hydrogen) atoms. The summed E-state index contributed by atoms with van der Waals surface area (Å²) < 4.78 is 10.5. The number of aromatic nitrogens is 1. The van der Waals surface area contributed by atoms with Gasteiger partial charge in [0.05, 0.1) is 12.8 Å². The number of pyridine rings is 1. The van der Waals surface area contributed by atoms with E-state index in [4.69, 9.17) is 8.83 Å². The van der Waals surface area contributed by atoms with Crippen LogP contribution >= 0.6 is 0 Å². The number of nitrogens with one attached hydrogen (secondary N) is 1. The van der Waals surface area contributed by atoms with Crippen LogP contribution in [0, 0.1) is 0 Å². The van der Waals surface area contributed by atoms with Gasteiger partial charge in [0.15, 0.2) is 11.3 Å². The van der Waals surface area contributed by atoms with E-state index in [1.165, 1.54) is 0 Å². The van der Waals surface area contributed by atoms with E-state index in [9.17, 15) is 4.79 Å². The van der Waals surface area contributed by atoms with Crippen molar-refractivity contribution in [2.24, 2.45) is 0 Å². The topological polar surface area (TPSA) is 68.3 Å². The van der Waals surface area contributed by atoms with Gasteiger partial charge in [0.2, 0.25) is 0 Å². The van der Waals surface area contributed by atoms with E-state index < -0.39 is 0 Å². The van der Waals surface area contributed by atoms with E-state index in [1.807, 2.05) is 0 Å². The average molecular weight is 242 g/mol. The van der Waals surface area contributed by atoms with E-state index in [-0.39, 0.29) is 11.7 Å². The number of carbonyl (C=O) groups excluding carboxylic acids is 1. The first-order valence-corrected chi connectivity index (χ1v) is 5.48. The number of amides is 1. The highest BCUT2D eigenvalue weighted by Gasteiger charge is 2.12. The van der Waals surface area contributed by atoms with Crippen LogP contribution in [-0.4, -0.2) is 10.9 Å². The molecule has 3 aromatic rings. The van der Waals surface area contributed by atoms with Gasteiger partial charge in [-0.15, -0.1) is 0 Å². The molecular formula is C13H10N2O3. The predicted octanol–water partition coefficient (Wildman–Crippen LogP) is 2.35. The van der Waals surface area contributed by atoms with E-state index in [1.54, 1.807) is 42.8 Å². The summed E-state index contributed by atoms with van der Waals surface area (Å²) >= 11 is 0. The van der Waals surface area contributed by atoms with Crippen LogP contribution < -0.4 is 5.32 Å². The maximum absolute atomic E-state index is 11.8. The fraction of sp³-hybridized carbons (Fsp3) is 0.0769. The molecule has 0 radical (unpaired) electrons. The zero-order valence-corrected chi connectivity index (χ0v) is 9.42. The summed E-state index contributed by atoms with van der Waals surface area (Å²) in [6.45, 7) is 0.330. The van der Waals surface area contributed by atoms with Gasteiger partial charge in [0, 0.05) is 12.3 Å². The van der Waals surface area contributed by atoms with Gasteiger partial charge in [-0.05, 0) is 24.3 Å². The zero-order chi connectivity index (χ0) is 12.4. The molecule has 0 fully saturated rings. The van der Waals surface area contributed by atoms with Gasteiger partial charge in [0.25, 0.3) is 5.91 Å². The normalized spacial score (nSPS) is 10.7.